The van der Waals surface area contributed by atoms with E-state index in [9.17, 15) is 9.32 Å². The van der Waals surface area contributed by atoms with Crippen LogP contribution in [-0.4, -0.2) is 33.9 Å². The predicted octanol–water partition coefficient (Wildman–Crippen LogP) is 1.96. The van der Waals surface area contributed by atoms with E-state index in [0.717, 1.165) is 35.8 Å². The quantitative estimate of drug-likeness (QED) is 0.896. The van der Waals surface area contributed by atoms with Crippen LogP contribution < -0.4 is 4.90 Å². The van der Waals surface area contributed by atoms with Gasteiger partial charge in [-0.3, -0.25) is 4.21 Å². The van der Waals surface area contributed by atoms with Gasteiger partial charge in [-0.2, -0.15) is 0 Å². The Morgan fingerprint density at radius 2 is 2.06 bits per heavy atom. The molecule has 5 heteroatoms. The lowest BCUT2D eigenvalue weighted by molar-refractivity contribution is 0.199. The molecule has 0 saturated carbocycles. The van der Waals surface area contributed by atoms with Crippen LogP contribution in [0.5, 0.6) is 0 Å². The molecule has 0 radical (unpaired) electrons. The molecule has 0 bridgehead atoms. The molecule has 17 heavy (non-hydrogen) atoms. The van der Waals surface area contributed by atoms with Crippen molar-refractivity contribution < 1.29 is 9.32 Å². The number of aliphatic hydroxyl groups is 1. The Labute approximate surface area is 109 Å². The Morgan fingerprint density at radius 3 is 2.59 bits per heavy atom. The first kappa shape index (κ1) is 12.9. The summed E-state index contributed by atoms with van der Waals surface area (Å²) >= 11 is 6.13. The first-order chi connectivity index (χ1) is 8.08. The average molecular weight is 274 g/mol. The number of anilines is 1. The van der Waals surface area contributed by atoms with E-state index >= 15 is 0 Å². The zero-order chi connectivity index (χ0) is 12.4. The van der Waals surface area contributed by atoms with Gasteiger partial charge in [-0.15, -0.1) is 0 Å². The highest BCUT2D eigenvalue weighted by Gasteiger charge is 2.16. The number of hydrogen-bond acceptors (Lipinski definition) is 3. The molecule has 0 aromatic heterocycles. The van der Waals surface area contributed by atoms with Crippen molar-refractivity contribution in [1.82, 2.24) is 0 Å². The van der Waals surface area contributed by atoms with Crippen molar-refractivity contribution in [3.8, 4) is 0 Å². The Morgan fingerprint density at radius 1 is 1.41 bits per heavy atom. The summed E-state index contributed by atoms with van der Waals surface area (Å²) in [4.78, 5) is 2.18. The fraction of sp³-hybridized carbons (Fsp3) is 0.500. The van der Waals surface area contributed by atoms with Gasteiger partial charge in [-0.1, -0.05) is 17.7 Å². The van der Waals surface area contributed by atoms with Crippen molar-refractivity contribution in [2.75, 3.05) is 29.5 Å². The highest BCUT2D eigenvalue weighted by molar-refractivity contribution is 7.85. The summed E-state index contributed by atoms with van der Waals surface area (Å²) in [5, 5.41) is 10.1. The van der Waals surface area contributed by atoms with E-state index in [1.807, 2.05) is 18.2 Å². The first-order valence-corrected chi connectivity index (χ1v) is 7.52. The van der Waals surface area contributed by atoms with Crippen LogP contribution >= 0.6 is 11.6 Å². The van der Waals surface area contributed by atoms with Crippen LogP contribution in [0.25, 0.3) is 0 Å². The van der Waals surface area contributed by atoms with Gasteiger partial charge in [0.25, 0.3) is 0 Å². The van der Waals surface area contributed by atoms with Crippen LogP contribution in [0.2, 0.25) is 5.02 Å². The van der Waals surface area contributed by atoms with E-state index in [-0.39, 0.29) is 0 Å². The van der Waals surface area contributed by atoms with Gasteiger partial charge in [0.05, 0.1) is 6.10 Å². The maximum Gasteiger partial charge on any atom is 0.0776 e. The second-order valence-corrected chi connectivity index (χ2v) is 6.32. The third-order valence-electron chi connectivity index (χ3n) is 2.98. The number of benzene rings is 1. The van der Waals surface area contributed by atoms with Crippen LogP contribution in [-0.2, 0) is 10.8 Å². The van der Waals surface area contributed by atoms with Crippen LogP contribution in [0, 0.1) is 0 Å². The topological polar surface area (TPSA) is 40.5 Å². The fourth-order valence-corrected chi connectivity index (χ4v) is 3.33. The Kier molecular flexibility index (Phi) is 4.07. The van der Waals surface area contributed by atoms with Crippen molar-refractivity contribution >= 4 is 28.1 Å². The first-order valence-electron chi connectivity index (χ1n) is 5.65. The van der Waals surface area contributed by atoms with Crippen LogP contribution in [0.3, 0.4) is 0 Å². The molecule has 1 heterocycles. The minimum atomic E-state index is -0.666. The maximum absolute atomic E-state index is 11.3. The number of aliphatic hydroxyl groups excluding tert-OH is 1. The Bertz CT molecular complexity index is 427. The summed E-state index contributed by atoms with van der Waals surface area (Å²) in [7, 11) is -0.666. The van der Waals surface area contributed by atoms with Crippen LogP contribution in [0.4, 0.5) is 5.69 Å². The monoisotopic (exact) mass is 273 g/mol. The highest BCUT2D eigenvalue weighted by Crippen LogP contribution is 2.28. The van der Waals surface area contributed by atoms with Crippen molar-refractivity contribution in [2.45, 2.75) is 13.0 Å². The molecule has 1 aromatic rings. The van der Waals surface area contributed by atoms with Crippen LogP contribution in [0.15, 0.2) is 18.2 Å². The van der Waals surface area contributed by atoms with Gasteiger partial charge >= 0.3 is 0 Å². The molecule has 1 fully saturated rings. The zero-order valence-electron chi connectivity index (χ0n) is 9.73. The van der Waals surface area contributed by atoms with E-state index in [0.29, 0.717) is 5.02 Å². The van der Waals surface area contributed by atoms with Crippen molar-refractivity contribution in [3.05, 3.63) is 28.8 Å². The van der Waals surface area contributed by atoms with Gasteiger partial charge in [-0.05, 0) is 24.6 Å². The number of halogens is 1. The molecule has 1 aliphatic rings. The van der Waals surface area contributed by atoms with Gasteiger partial charge in [0.2, 0.25) is 0 Å². The molecule has 0 aliphatic carbocycles. The predicted molar refractivity (Wildman–Crippen MR) is 72.2 cm³/mol. The molecule has 2 rings (SSSR count). The molecule has 94 valence electrons. The molecule has 1 aliphatic heterocycles. The van der Waals surface area contributed by atoms with Gasteiger partial charge in [0.1, 0.15) is 0 Å². The summed E-state index contributed by atoms with van der Waals surface area (Å²) in [5.41, 5.74) is 1.78. The molecule has 1 saturated heterocycles. The number of rotatable bonds is 2. The Hall–Kier alpha value is -0.580. The SMILES string of the molecule is CC(O)c1ccc(N2CCS(=O)CC2)cc1Cl. The molecule has 0 amide bonds. The largest absolute Gasteiger partial charge is 0.389 e. The molecular weight excluding hydrogens is 258 g/mol. The van der Waals surface area contributed by atoms with E-state index < -0.39 is 16.9 Å². The Balaban J connectivity index is 2.17. The second kappa shape index (κ2) is 5.38. The molecular formula is C12H16ClNO2S. The highest BCUT2D eigenvalue weighted by atomic mass is 35.5. The second-order valence-electron chi connectivity index (χ2n) is 4.22. The maximum atomic E-state index is 11.3. The molecule has 0 spiro atoms. The average Bonchev–Trinajstić information content (AvgIpc) is 2.29. The van der Waals surface area contributed by atoms with Crippen molar-refractivity contribution in [3.63, 3.8) is 0 Å². The van der Waals surface area contributed by atoms with Crippen molar-refractivity contribution in [2.24, 2.45) is 0 Å². The van der Waals surface area contributed by atoms with Crippen LogP contribution in [0.1, 0.15) is 18.6 Å². The summed E-state index contributed by atoms with van der Waals surface area (Å²) in [6.07, 6.45) is -0.551. The van der Waals surface area contributed by atoms with Gasteiger partial charge in [0.15, 0.2) is 0 Å². The molecule has 3 nitrogen and oxygen atoms in total. The van der Waals surface area contributed by atoms with Gasteiger partial charge in [-0.25, -0.2) is 0 Å². The minimum Gasteiger partial charge on any atom is -0.389 e. The summed E-state index contributed by atoms with van der Waals surface area (Å²) in [6, 6.07) is 5.69. The zero-order valence-corrected chi connectivity index (χ0v) is 11.3. The number of nitrogens with zero attached hydrogens (tertiary/aromatic N) is 1. The fourth-order valence-electron chi connectivity index (χ4n) is 1.95. The van der Waals surface area contributed by atoms with Gasteiger partial charge < -0.3 is 10.0 Å². The molecule has 1 unspecified atom stereocenters. The molecule has 1 N–H and O–H groups in total. The summed E-state index contributed by atoms with van der Waals surface area (Å²) < 4.78 is 11.3. The lowest BCUT2D eigenvalue weighted by Crippen LogP contribution is -2.37. The molecule has 1 aromatic carbocycles. The van der Waals surface area contributed by atoms with E-state index in [2.05, 4.69) is 4.90 Å². The lowest BCUT2D eigenvalue weighted by atomic mass is 10.1. The minimum absolute atomic E-state index is 0.551. The smallest absolute Gasteiger partial charge is 0.0776 e. The van der Waals surface area contributed by atoms with E-state index in [1.54, 1.807) is 6.92 Å². The molecule has 1 atom stereocenters. The lowest BCUT2D eigenvalue weighted by Gasteiger charge is -2.28. The van der Waals surface area contributed by atoms with E-state index in [4.69, 9.17) is 11.6 Å². The summed E-state index contributed by atoms with van der Waals surface area (Å²) in [5.74, 6) is 1.44. The normalized spacial score (nSPS) is 19.4. The van der Waals surface area contributed by atoms with Gasteiger partial charge in [0, 0.05) is 46.1 Å². The summed E-state index contributed by atoms with van der Waals surface area (Å²) in [6.45, 7) is 3.30. The standard InChI is InChI=1S/C12H16ClNO2S/c1-9(15)11-3-2-10(8-12(11)13)14-4-6-17(16)7-5-14/h2-3,8-9,15H,4-7H2,1H3. The van der Waals surface area contributed by atoms with E-state index in [1.165, 1.54) is 0 Å². The third-order valence-corrected chi connectivity index (χ3v) is 4.58. The van der Waals surface area contributed by atoms with Crippen molar-refractivity contribution in [1.29, 1.82) is 0 Å². The third kappa shape index (κ3) is 3.00. The number of hydrogen-bond donors (Lipinski definition) is 1.